The summed E-state index contributed by atoms with van der Waals surface area (Å²) in [6.45, 7) is 0. The second-order valence-electron chi connectivity index (χ2n) is 4.46. The number of carbonyl (C=O) groups excluding carboxylic acids is 1. The zero-order valence-electron chi connectivity index (χ0n) is 11.0. The number of halogens is 1. The van der Waals surface area contributed by atoms with E-state index in [1.165, 1.54) is 11.3 Å². The maximum absolute atomic E-state index is 12.1. The number of nitrogens with two attached hydrogens (primary N) is 1. The molecular weight excluding hydrogens is 306 g/mol. The largest absolute Gasteiger partial charge is 0.324 e. The molecule has 0 spiro atoms. The van der Waals surface area contributed by atoms with Crippen LogP contribution >= 0.6 is 23.7 Å². The molecule has 1 aromatic carbocycles. The van der Waals surface area contributed by atoms with Crippen molar-refractivity contribution in [3.05, 3.63) is 59.0 Å². The monoisotopic (exact) mass is 319 g/mol. The van der Waals surface area contributed by atoms with Crippen LogP contribution in [0.1, 0.15) is 11.6 Å². The highest BCUT2D eigenvalue weighted by Crippen LogP contribution is 2.20. The van der Waals surface area contributed by atoms with Crippen molar-refractivity contribution in [1.29, 1.82) is 0 Å². The van der Waals surface area contributed by atoms with Gasteiger partial charge in [0.2, 0.25) is 5.91 Å². The van der Waals surface area contributed by atoms with Gasteiger partial charge in [-0.05, 0) is 46.0 Å². The molecule has 0 saturated carbocycles. The van der Waals surface area contributed by atoms with Gasteiger partial charge in [0.15, 0.2) is 0 Å². The summed E-state index contributed by atoms with van der Waals surface area (Å²) in [5, 5.41) is 8.70. The minimum absolute atomic E-state index is 0. The van der Waals surface area contributed by atoms with Crippen molar-refractivity contribution < 1.29 is 4.79 Å². The molecule has 0 saturated heterocycles. The van der Waals surface area contributed by atoms with Crippen LogP contribution in [0.3, 0.4) is 0 Å². The Morgan fingerprint density at radius 3 is 2.86 bits per heavy atom. The molecule has 21 heavy (non-hydrogen) atoms. The number of nitrogens with one attached hydrogen (secondary N) is 1. The molecule has 2 aromatic heterocycles. The smallest absolute Gasteiger partial charge is 0.245 e. The van der Waals surface area contributed by atoms with Crippen LogP contribution in [-0.2, 0) is 4.79 Å². The van der Waals surface area contributed by atoms with Gasteiger partial charge in [-0.15, -0.1) is 12.4 Å². The number of benzene rings is 1. The Hall–Kier alpha value is -1.95. The minimum atomic E-state index is -0.644. The average molecular weight is 320 g/mol. The summed E-state index contributed by atoms with van der Waals surface area (Å²) >= 11 is 1.53. The molecule has 108 valence electrons. The Kier molecular flexibility index (Phi) is 4.90. The van der Waals surface area contributed by atoms with Gasteiger partial charge in [-0.1, -0.05) is 6.07 Å². The van der Waals surface area contributed by atoms with E-state index in [4.69, 9.17) is 5.73 Å². The van der Waals surface area contributed by atoms with E-state index in [0.717, 1.165) is 22.0 Å². The van der Waals surface area contributed by atoms with Gasteiger partial charge in [-0.25, -0.2) is 0 Å². The molecular formula is C15H14ClN3OS. The third-order valence-electron chi connectivity index (χ3n) is 3.09. The molecule has 0 aliphatic carbocycles. The Balaban J connectivity index is 0.00000161. The molecule has 1 atom stereocenters. The molecule has 0 unspecified atom stereocenters. The summed E-state index contributed by atoms with van der Waals surface area (Å²) in [4.78, 5) is 16.2. The third kappa shape index (κ3) is 3.39. The zero-order valence-corrected chi connectivity index (χ0v) is 12.7. The quantitative estimate of drug-likeness (QED) is 0.778. The summed E-state index contributed by atoms with van der Waals surface area (Å²) in [5.74, 6) is -0.211. The molecule has 6 heteroatoms. The van der Waals surface area contributed by atoms with E-state index >= 15 is 0 Å². The zero-order chi connectivity index (χ0) is 13.9. The highest BCUT2D eigenvalue weighted by atomic mass is 35.5. The average Bonchev–Trinajstić information content (AvgIpc) is 3.00. The summed E-state index contributed by atoms with van der Waals surface area (Å²) in [7, 11) is 0. The van der Waals surface area contributed by atoms with Gasteiger partial charge in [0.25, 0.3) is 0 Å². The number of thiophene rings is 1. The fraction of sp³-hybridized carbons (Fsp3) is 0.0667. The Labute approximate surface area is 132 Å². The van der Waals surface area contributed by atoms with Gasteiger partial charge in [-0.2, -0.15) is 11.3 Å². The number of rotatable bonds is 3. The number of fused-ring (bicyclic) bond motifs is 1. The van der Waals surface area contributed by atoms with Gasteiger partial charge in [0, 0.05) is 23.5 Å². The van der Waals surface area contributed by atoms with Crippen LogP contribution in [0.4, 0.5) is 5.69 Å². The predicted molar refractivity (Wildman–Crippen MR) is 88.9 cm³/mol. The lowest BCUT2D eigenvalue weighted by Gasteiger charge is -2.11. The number of carbonyl (C=O) groups is 1. The molecule has 3 N–H and O–H groups in total. The van der Waals surface area contributed by atoms with E-state index in [1.807, 2.05) is 41.1 Å². The Bertz CT molecular complexity index is 746. The van der Waals surface area contributed by atoms with E-state index in [0.29, 0.717) is 0 Å². The van der Waals surface area contributed by atoms with E-state index in [-0.39, 0.29) is 18.3 Å². The second kappa shape index (κ2) is 6.67. The summed E-state index contributed by atoms with van der Waals surface area (Å²) in [5.41, 5.74) is 7.49. The Morgan fingerprint density at radius 2 is 2.10 bits per heavy atom. The standard InChI is InChI=1S/C15H13N3OS.ClH/c16-14(12-4-6-20-9-12)15(19)18-13-2-1-11-8-17-5-3-10(11)7-13;/h1-9,14H,16H2,(H,18,19);1H/t14-;/m1./s1. The predicted octanol–water partition coefficient (Wildman–Crippen LogP) is 3.36. The molecule has 0 radical (unpaired) electrons. The molecule has 3 rings (SSSR count). The lowest BCUT2D eigenvalue weighted by atomic mass is 10.1. The molecule has 0 bridgehead atoms. The number of hydrogen-bond acceptors (Lipinski definition) is 4. The summed E-state index contributed by atoms with van der Waals surface area (Å²) < 4.78 is 0. The van der Waals surface area contributed by atoms with Crippen LogP contribution < -0.4 is 11.1 Å². The first kappa shape index (κ1) is 15.4. The van der Waals surface area contributed by atoms with E-state index in [1.54, 1.807) is 12.4 Å². The van der Waals surface area contributed by atoms with Gasteiger partial charge in [0.05, 0.1) is 0 Å². The van der Waals surface area contributed by atoms with Crippen LogP contribution in [0.25, 0.3) is 10.8 Å². The van der Waals surface area contributed by atoms with Gasteiger partial charge >= 0.3 is 0 Å². The molecule has 0 aliphatic heterocycles. The molecule has 1 amide bonds. The first-order valence-corrected chi connectivity index (χ1v) is 7.10. The lowest BCUT2D eigenvalue weighted by Crippen LogP contribution is -2.27. The van der Waals surface area contributed by atoms with Crippen LogP contribution in [0.2, 0.25) is 0 Å². The van der Waals surface area contributed by atoms with Crippen molar-refractivity contribution in [2.45, 2.75) is 6.04 Å². The van der Waals surface area contributed by atoms with Crippen molar-refractivity contribution in [2.24, 2.45) is 5.73 Å². The SMILES string of the molecule is Cl.N[C@@H](C(=O)Nc1ccc2cnccc2c1)c1ccsc1. The van der Waals surface area contributed by atoms with E-state index < -0.39 is 6.04 Å². The number of aromatic nitrogens is 1. The van der Waals surface area contributed by atoms with Crippen LogP contribution in [-0.4, -0.2) is 10.9 Å². The first-order chi connectivity index (χ1) is 9.74. The van der Waals surface area contributed by atoms with E-state index in [2.05, 4.69) is 10.3 Å². The molecule has 0 aliphatic rings. The summed E-state index contributed by atoms with van der Waals surface area (Å²) in [6, 6.07) is 8.81. The maximum Gasteiger partial charge on any atom is 0.245 e. The highest BCUT2D eigenvalue weighted by Gasteiger charge is 2.16. The van der Waals surface area contributed by atoms with Crippen molar-refractivity contribution in [3.8, 4) is 0 Å². The normalized spacial score (nSPS) is 11.7. The van der Waals surface area contributed by atoms with Crippen molar-refractivity contribution in [3.63, 3.8) is 0 Å². The first-order valence-electron chi connectivity index (χ1n) is 6.16. The second-order valence-corrected chi connectivity index (χ2v) is 5.24. The molecule has 3 aromatic rings. The van der Waals surface area contributed by atoms with Crippen LogP contribution in [0.15, 0.2) is 53.5 Å². The van der Waals surface area contributed by atoms with Gasteiger partial charge in [0.1, 0.15) is 6.04 Å². The van der Waals surface area contributed by atoms with Crippen molar-refractivity contribution >= 4 is 46.1 Å². The molecule has 0 fully saturated rings. The fourth-order valence-corrected chi connectivity index (χ4v) is 2.68. The summed E-state index contributed by atoms with van der Waals surface area (Å²) in [6.07, 6.45) is 3.52. The minimum Gasteiger partial charge on any atom is -0.324 e. The van der Waals surface area contributed by atoms with Crippen molar-refractivity contribution in [2.75, 3.05) is 5.32 Å². The van der Waals surface area contributed by atoms with E-state index in [9.17, 15) is 4.79 Å². The fourth-order valence-electron chi connectivity index (χ4n) is 1.98. The number of anilines is 1. The number of hydrogen-bond donors (Lipinski definition) is 2. The molecule has 2 heterocycles. The Morgan fingerprint density at radius 1 is 1.24 bits per heavy atom. The van der Waals surface area contributed by atoms with Crippen LogP contribution in [0, 0.1) is 0 Å². The highest BCUT2D eigenvalue weighted by molar-refractivity contribution is 7.08. The van der Waals surface area contributed by atoms with Crippen LogP contribution in [0.5, 0.6) is 0 Å². The lowest BCUT2D eigenvalue weighted by molar-refractivity contribution is -0.117. The third-order valence-corrected chi connectivity index (χ3v) is 3.79. The maximum atomic E-state index is 12.1. The van der Waals surface area contributed by atoms with Gasteiger partial charge in [-0.3, -0.25) is 9.78 Å². The number of pyridine rings is 1. The van der Waals surface area contributed by atoms with Crippen molar-refractivity contribution in [1.82, 2.24) is 4.98 Å². The topological polar surface area (TPSA) is 68.0 Å². The number of nitrogens with zero attached hydrogens (tertiary/aromatic N) is 1. The molecule has 4 nitrogen and oxygen atoms in total. The van der Waals surface area contributed by atoms with Gasteiger partial charge < -0.3 is 11.1 Å². The number of amides is 1.